The maximum absolute atomic E-state index is 11.7. The van der Waals surface area contributed by atoms with Gasteiger partial charge in [0.15, 0.2) is 0 Å². The van der Waals surface area contributed by atoms with Crippen LogP contribution in [0, 0.1) is 27.7 Å². The first kappa shape index (κ1) is 40.1. The smallest absolute Gasteiger partial charge is 0.148 e. The Balaban J connectivity index is 0.000000179. The van der Waals surface area contributed by atoms with Gasteiger partial charge in [-0.25, -0.2) is 0 Å². The number of quaternary nitrogens is 1. The normalized spacial score (nSPS) is 11.7. The van der Waals surface area contributed by atoms with Gasteiger partial charge in [-0.15, -0.1) is 5.75 Å². The van der Waals surface area contributed by atoms with E-state index in [0.717, 1.165) is 22.3 Å². The minimum atomic E-state index is -0.166. The largest absolute Gasteiger partial charge is 0.872 e. The maximum atomic E-state index is 11.7. The summed E-state index contributed by atoms with van der Waals surface area (Å²) in [6.07, 6.45) is 0. The average molecular weight is 776 g/mol. The molecule has 0 saturated carbocycles. The topological polar surface area (TPSA) is 83.8 Å². The number of phenols is 3. The first-order chi connectivity index (χ1) is 28.5. The number of hydrogen-bond acceptors (Lipinski definition) is 4. The summed E-state index contributed by atoms with van der Waals surface area (Å²) in [6, 6.07) is 63.6. The van der Waals surface area contributed by atoms with E-state index in [1.54, 1.807) is 48.5 Å². The van der Waals surface area contributed by atoms with Crippen molar-refractivity contribution in [3.63, 3.8) is 0 Å². The van der Waals surface area contributed by atoms with Crippen molar-refractivity contribution in [1.82, 2.24) is 4.48 Å². The van der Waals surface area contributed by atoms with E-state index in [1.807, 2.05) is 48.5 Å². The Labute approximate surface area is 347 Å². The molecule has 0 radical (unpaired) electrons. The van der Waals surface area contributed by atoms with Crippen molar-refractivity contribution < 1.29 is 20.4 Å². The molecule has 8 aromatic rings. The lowest BCUT2D eigenvalue weighted by Crippen LogP contribution is -2.33. The minimum Gasteiger partial charge on any atom is -0.872 e. The van der Waals surface area contributed by atoms with E-state index in [0.29, 0.717) is 4.48 Å². The van der Waals surface area contributed by atoms with E-state index in [1.165, 1.54) is 45.0 Å². The van der Waals surface area contributed by atoms with Crippen LogP contribution in [0.4, 0.5) is 22.7 Å². The summed E-state index contributed by atoms with van der Waals surface area (Å²) in [5.41, 5.74) is 13.9. The quantitative estimate of drug-likeness (QED) is 0.128. The van der Waals surface area contributed by atoms with Crippen LogP contribution in [0.1, 0.15) is 56.3 Å². The molecule has 0 aliphatic carbocycles. The third kappa shape index (κ3) is 8.91. The van der Waals surface area contributed by atoms with E-state index in [2.05, 4.69) is 125 Å². The van der Waals surface area contributed by atoms with Crippen LogP contribution in [-0.4, -0.2) is 15.3 Å². The second-order valence-electron chi connectivity index (χ2n) is 15.3. The Kier molecular flexibility index (Phi) is 12.0. The summed E-state index contributed by atoms with van der Waals surface area (Å²) in [5.74, 6) is 0.154. The van der Waals surface area contributed by atoms with Gasteiger partial charge in [0.05, 0.1) is 0 Å². The molecule has 8 aromatic carbocycles. The number of rotatable bonds is 9. The Hall–Kier alpha value is -7.08. The fraction of sp³-hybridized carbons (Fsp3) is 0.111. The van der Waals surface area contributed by atoms with Crippen LogP contribution in [-0.2, 0) is 0 Å². The Morgan fingerprint density at radius 2 is 0.508 bits per heavy atom. The molecule has 1 atom stereocenters. The van der Waals surface area contributed by atoms with Gasteiger partial charge < -0.3 is 20.4 Å². The standard InChI is InChI=1S/C28H28N.C26H22O4/c1-21-5-13-25(14-6-21)29(26-15-7-22(2)8-16-26,27-17-9-23(3)10-18-27)28-19-11-24(4)12-20-28;27-21-9-1-17(2-10-21)25(18-3-11-22(28)12-4-18)26(19-5-13-23(29)14-6-19)20-7-15-24(30)16-8-20/h5-20H,1-4H3;1-16,25-30H/q+1;/p-1. The first-order valence-electron chi connectivity index (χ1n) is 19.8. The van der Waals surface area contributed by atoms with E-state index in [-0.39, 0.29) is 34.8 Å². The van der Waals surface area contributed by atoms with Gasteiger partial charge in [-0.1, -0.05) is 131 Å². The highest BCUT2D eigenvalue weighted by atomic mass is 16.3. The van der Waals surface area contributed by atoms with Crippen molar-refractivity contribution in [2.75, 3.05) is 0 Å². The molecule has 59 heavy (non-hydrogen) atoms. The Morgan fingerprint density at radius 3 is 0.729 bits per heavy atom. The van der Waals surface area contributed by atoms with Crippen LogP contribution < -0.4 is 9.59 Å². The van der Waals surface area contributed by atoms with Crippen LogP contribution >= 0.6 is 0 Å². The fourth-order valence-electron chi connectivity index (χ4n) is 7.84. The lowest BCUT2D eigenvalue weighted by Gasteiger charge is -2.37. The predicted octanol–water partition coefficient (Wildman–Crippen LogP) is 13.1. The summed E-state index contributed by atoms with van der Waals surface area (Å²) in [7, 11) is 0. The van der Waals surface area contributed by atoms with Crippen LogP contribution in [0.5, 0.6) is 23.0 Å². The van der Waals surface area contributed by atoms with Crippen molar-refractivity contribution in [1.29, 1.82) is 0 Å². The van der Waals surface area contributed by atoms with Gasteiger partial charge in [-0.2, -0.15) is 4.48 Å². The molecule has 0 saturated heterocycles. The zero-order valence-corrected chi connectivity index (χ0v) is 33.8. The highest BCUT2D eigenvalue weighted by Gasteiger charge is 2.39. The van der Waals surface area contributed by atoms with Gasteiger partial charge >= 0.3 is 0 Å². The Morgan fingerprint density at radius 1 is 0.305 bits per heavy atom. The average Bonchev–Trinajstić information content (AvgIpc) is 3.24. The SMILES string of the molecule is Cc1ccc([N+](c2ccc(C)cc2)(c2ccc(C)cc2)c2ccc(C)cc2)cc1.[O-]c1ccc(C(c2ccc(O)cc2)C(c2ccc(O)cc2)c2ccc(O)cc2)cc1. The zero-order valence-electron chi connectivity index (χ0n) is 33.8. The molecule has 0 bridgehead atoms. The number of aryl methyl sites for hydroxylation is 4. The second kappa shape index (κ2) is 17.6. The molecule has 294 valence electrons. The van der Waals surface area contributed by atoms with E-state index in [4.69, 9.17) is 0 Å². The number of benzene rings is 8. The molecule has 5 heteroatoms. The molecule has 0 aliphatic rings. The lowest BCUT2D eigenvalue weighted by atomic mass is 9.73. The van der Waals surface area contributed by atoms with Crippen LogP contribution in [0.25, 0.3) is 0 Å². The highest BCUT2D eigenvalue weighted by molar-refractivity contribution is 5.81. The van der Waals surface area contributed by atoms with Gasteiger partial charge in [-0.05, 0) is 86.3 Å². The first-order valence-corrected chi connectivity index (χ1v) is 19.8. The van der Waals surface area contributed by atoms with Crippen molar-refractivity contribution in [2.45, 2.75) is 39.5 Å². The third-order valence-electron chi connectivity index (χ3n) is 11.0. The molecule has 0 fully saturated rings. The number of aromatic hydroxyl groups is 3. The van der Waals surface area contributed by atoms with Crippen LogP contribution in [0.2, 0.25) is 0 Å². The zero-order chi connectivity index (χ0) is 41.5. The van der Waals surface area contributed by atoms with Crippen molar-refractivity contribution in [3.05, 3.63) is 239 Å². The van der Waals surface area contributed by atoms with Gasteiger partial charge in [0.1, 0.15) is 40.0 Å². The van der Waals surface area contributed by atoms with Crippen LogP contribution in [0.3, 0.4) is 0 Å². The van der Waals surface area contributed by atoms with E-state index >= 15 is 0 Å². The molecule has 0 aliphatic heterocycles. The van der Waals surface area contributed by atoms with Crippen molar-refractivity contribution in [2.24, 2.45) is 0 Å². The van der Waals surface area contributed by atoms with Gasteiger partial charge in [-0.3, -0.25) is 0 Å². The van der Waals surface area contributed by atoms with Crippen LogP contribution in [0.15, 0.2) is 194 Å². The second-order valence-corrected chi connectivity index (χ2v) is 15.3. The lowest BCUT2D eigenvalue weighted by molar-refractivity contribution is -0.268. The number of nitrogens with zero attached hydrogens (tertiary/aromatic N) is 1. The van der Waals surface area contributed by atoms with Gasteiger partial charge in [0.25, 0.3) is 0 Å². The summed E-state index contributed by atoms with van der Waals surface area (Å²) in [4.78, 5) is 0. The van der Waals surface area contributed by atoms with Crippen molar-refractivity contribution in [3.8, 4) is 23.0 Å². The predicted molar refractivity (Wildman–Crippen MR) is 239 cm³/mol. The summed E-state index contributed by atoms with van der Waals surface area (Å²) in [6.45, 7) is 8.56. The fourth-order valence-corrected chi connectivity index (χ4v) is 7.84. The van der Waals surface area contributed by atoms with Gasteiger partial charge in [0.2, 0.25) is 0 Å². The van der Waals surface area contributed by atoms with E-state index in [9.17, 15) is 20.4 Å². The molecular formula is C54H49NO4. The summed E-state index contributed by atoms with van der Waals surface area (Å²) in [5, 5.41) is 41.1. The summed E-state index contributed by atoms with van der Waals surface area (Å²) < 4.78 is 0.557. The van der Waals surface area contributed by atoms with Crippen molar-refractivity contribution >= 4 is 22.7 Å². The highest BCUT2D eigenvalue weighted by Crippen LogP contribution is 2.51. The molecule has 0 aromatic heterocycles. The van der Waals surface area contributed by atoms with E-state index < -0.39 is 0 Å². The molecule has 8 rings (SSSR count). The molecule has 3 N–H and O–H groups in total. The monoisotopic (exact) mass is 775 g/mol. The maximum Gasteiger partial charge on any atom is 0.148 e. The number of phenolic OH excluding ortho intramolecular Hbond substituents is 3. The molecular weight excluding hydrogens is 727 g/mol. The molecule has 1 unspecified atom stereocenters. The minimum absolute atomic E-state index is 0.0611. The molecule has 5 nitrogen and oxygen atoms in total. The third-order valence-corrected chi connectivity index (χ3v) is 11.0. The number of hydrogen-bond donors (Lipinski definition) is 3. The summed E-state index contributed by atoms with van der Waals surface area (Å²) >= 11 is 0. The Bertz CT molecular complexity index is 2190. The molecule has 0 spiro atoms. The molecule has 0 heterocycles. The van der Waals surface area contributed by atoms with Gasteiger partial charge in [0, 0.05) is 60.4 Å². The molecule has 0 amide bonds.